The van der Waals surface area contributed by atoms with Crippen LogP contribution >= 0.6 is 0 Å². The molecule has 0 heterocycles. The molecule has 1 unspecified atom stereocenters. The molecule has 2 heteroatoms. The quantitative estimate of drug-likeness (QED) is 0.670. The molecule has 2 N–H and O–H groups in total. The zero-order valence-corrected chi connectivity index (χ0v) is 9.45. The summed E-state index contributed by atoms with van der Waals surface area (Å²) in [6.07, 6.45) is 2.84. The van der Waals surface area contributed by atoms with E-state index in [1.807, 2.05) is 18.2 Å². The fraction of sp³-hybridized carbons (Fsp3) is 0.538. The zero-order valence-electron chi connectivity index (χ0n) is 9.45. The van der Waals surface area contributed by atoms with E-state index in [9.17, 15) is 5.11 Å². The van der Waals surface area contributed by atoms with Crippen molar-refractivity contribution in [1.82, 2.24) is 5.32 Å². The fourth-order valence-electron chi connectivity index (χ4n) is 1.53. The second-order valence-corrected chi connectivity index (χ2v) is 3.90. The number of rotatable bonds is 7. The van der Waals surface area contributed by atoms with Crippen LogP contribution in [0.4, 0.5) is 0 Å². The zero-order chi connectivity index (χ0) is 10.9. The van der Waals surface area contributed by atoms with Crippen molar-refractivity contribution in [3.63, 3.8) is 0 Å². The molecule has 1 atom stereocenters. The maximum absolute atomic E-state index is 9.74. The first kappa shape index (κ1) is 12.2. The van der Waals surface area contributed by atoms with Gasteiger partial charge in [0.15, 0.2) is 0 Å². The molecule has 0 amide bonds. The van der Waals surface area contributed by atoms with Crippen LogP contribution in [0.2, 0.25) is 0 Å². The van der Waals surface area contributed by atoms with Gasteiger partial charge in [-0.2, -0.15) is 0 Å². The molecule has 0 aliphatic heterocycles. The third-order valence-corrected chi connectivity index (χ3v) is 2.40. The van der Waals surface area contributed by atoms with Crippen molar-refractivity contribution in [1.29, 1.82) is 0 Å². The Labute approximate surface area is 92.3 Å². The number of hydrogen-bond acceptors (Lipinski definition) is 2. The molecule has 84 valence electrons. The van der Waals surface area contributed by atoms with Crippen molar-refractivity contribution in [2.45, 2.75) is 32.3 Å². The largest absolute Gasteiger partial charge is 0.391 e. The Balaban J connectivity index is 2.16. The highest BCUT2D eigenvalue weighted by Gasteiger charge is 2.03. The maximum Gasteiger partial charge on any atom is 0.0704 e. The van der Waals surface area contributed by atoms with Crippen LogP contribution in [0.25, 0.3) is 0 Å². The SMILES string of the molecule is CCCCNCC(O)Cc1ccccc1. The summed E-state index contributed by atoms with van der Waals surface area (Å²) in [7, 11) is 0. The van der Waals surface area contributed by atoms with Crippen LogP contribution in [0, 0.1) is 0 Å². The van der Waals surface area contributed by atoms with E-state index in [4.69, 9.17) is 0 Å². The lowest BCUT2D eigenvalue weighted by molar-refractivity contribution is 0.172. The molecule has 0 spiro atoms. The van der Waals surface area contributed by atoms with Gasteiger partial charge in [-0.1, -0.05) is 43.7 Å². The molecule has 15 heavy (non-hydrogen) atoms. The van der Waals surface area contributed by atoms with E-state index in [-0.39, 0.29) is 6.10 Å². The molecule has 0 bridgehead atoms. The summed E-state index contributed by atoms with van der Waals surface area (Å²) in [5, 5.41) is 13.0. The summed E-state index contributed by atoms with van der Waals surface area (Å²) in [4.78, 5) is 0. The van der Waals surface area contributed by atoms with E-state index >= 15 is 0 Å². The van der Waals surface area contributed by atoms with Crippen LogP contribution in [0.5, 0.6) is 0 Å². The third kappa shape index (κ3) is 5.55. The predicted octanol–water partition coefficient (Wildman–Crippen LogP) is 1.98. The van der Waals surface area contributed by atoms with Crippen LogP contribution in [-0.2, 0) is 6.42 Å². The van der Waals surface area contributed by atoms with Gasteiger partial charge in [-0.05, 0) is 24.9 Å². The minimum Gasteiger partial charge on any atom is -0.391 e. The molecule has 1 rings (SSSR count). The summed E-state index contributed by atoms with van der Waals surface area (Å²) >= 11 is 0. The Bertz CT molecular complexity index is 248. The average molecular weight is 207 g/mol. The number of aliphatic hydroxyl groups is 1. The van der Waals surface area contributed by atoms with E-state index in [0.29, 0.717) is 6.54 Å². The Morgan fingerprint density at radius 3 is 2.67 bits per heavy atom. The molecular weight excluding hydrogens is 186 g/mol. The smallest absolute Gasteiger partial charge is 0.0704 e. The third-order valence-electron chi connectivity index (χ3n) is 2.40. The molecule has 2 nitrogen and oxygen atoms in total. The van der Waals surface area contributed by atoms with E-state index < -0.39 is 0 Å². The Morgan fingerprint density at radius 2 is 2.00 bits per heavy atom. The Morgan fingerprint density at radius 1 is 1.27 bits per heavy atom. The monoisotopic (exact) mass is 207 g/mol. The van der Waals surface area contributed by atoms with Crippen molar-refractivity contribution in [2.75, 3.05) is 13.1 Å². The van der Waals surface area contributed by atoms with Gasteiger partial charge in [0.25, 0.3) is 0 Å². The lowest BCUT2D eigenvalue weighted by atomic mass is 10.1. The molecule has 1 aromatic carbocycles. The Kier molecular flexibility index (Phi) is 6.05. The number of unbranched alkanes of at least 4 members (excludes halogenated alkanes) is 1. The van der Waals surface area contributed by atoms with Gasteiger partial charge in [-0.3, -0.25) is 0 Å². The van der Waals surface area contributed by atoms with Gasteiger partial charge < -0.3 is 10.4 Å². The average Bonchev–Trinajstić information content (AvgIpc) is 2.26. The van der Waals surface area contributed by atoms with Crippen LogP contribution in [0.15, 0.2) is 30.3 Å². The highest BCUT2D eigenvalue weighted by molar-refractivity contribution is 5.15. The minimum atomic E-state index is -0.274. The number of benzene rings is 1. The van der Waals surface area contributed by atoms with Crippen LogP contribution in [0.1, 0.15) is 25.3 Å². The fourth-order valence-corrected chi connectivity index (χ4v) is 1.53. The van der Waals surface area contributed by atoms with Gasteiger partial charge in [0.2, 0.25) is 0 Å². The van der Waals surface area contributed by atoms with Gasteiger partial charge in [0.1, 0.15) is 0 Å². The predicted molar refractivity (Wildman–Crippen MR) is 63.9 cm³/mol. The highest BCUT2D eigenvalue weighted by Crippen LogP contribution is 2.02. The normalized spacial score (nSPS) is 12.7. The van der Waals surface area contributed by atoms with Crippen LogP contribution < -0.4 is 5.32 Å². The van der Waals surface area contributed by atoms with E-state index in [1.54, 1.807) is 0 Å². The number of hydrogen-bond donors (Lipinski definition) is 2. The van der Waals surface area contributed by atoms with E-state index in [0.717, 1.165) is 13.0 Å². The van der Waals surface area contributed by atoms with Crippen molar-refractivity contribution >= 4 is 0 Å². The summed E-state index contributed by atoms with van der Waals surface area (Å²) < 4.78 is 0. The van der Waals surface area contributed by atoms with Crippen LogP contribution in [-0.4, -0.2) is 24.3 Å². The van der Waals surface area contributed by atoms with Crippen molar-refractivity contribution in [3.8, 4) is 0 Å². The maximum atomic E-state index is 9.74. The number of aliphatic hydroxyl groups excluding tert-OH is 1. The van der Waals surface area contributed by atoms with Gasteiger partial charge in [0, 0.05) is 6.54 Å². The molecule has 0 aliphatic carbocycles. The van der Waals surface area contributed by atoms with Gasteiger partial charge in [-0.15, -0.1) is 0 Å². The first-order valence-electron chi connectivity index (χ1n) is 5.75. The summed E-state index contributed by atoms with van der Waals surface area (Å²) in [6.45, 7) is 3.86. The molecule has 0 saturated heterocycles. The Hall–Kier alpha value is -0.860. The van der Waals surface area contributed by atoms with Crippen molar-refractivity contribution in [3.05, 3.63) is 35.9 Å². The van der Waals surface area contributed by atoms with E-state index in [1.165, 1.54) is 18.4 Å². The standard InChI is InChI=1S/C13H21NO/c1-2-3-9-14-11-13(15)10-12-7-5-4-6-8-12/h4-8,13-15H,2-3,9-11H2,1H3. The summed E-state index contributed by atoms with van der Waals surface area (Å²) in [5.74, 6) is 0. The molecular formula is C13H21NO. The van der Waals surface area contributed by atoms with Crippen molar-refractivity contribution in [2.24, 2.45) is 0 Å². The van der Waals surface area contributed by atoms with Gasteiger partial charge in [0.05, 0.1) is 6.10 Å². The lowest BCUT2D eigenvalue weighted by Crippen LogP contribution is -2.29. The molecule has 0 fully saturated rings. The highest BCUT2D eigenvalue weighted by atomic mass is 16.3. The second kappa shape index (κ2) is 7.43. The molecule has 0 radical (unpaired) electrons. The summed E-state index contributed by atoms with van der Waals surface area (Å²) in [5.41, 5.74) is 1.20. The van der Waals surface area contributed by atoms with Gasteiger partial charge in [-0.25, -0.2) is 0 Å². The lowest BCUT2D eigenvalue weighted by Gasteiger charge is -2.11. The first-order chi connectivity index (χ1) is 7.33. The molecule has 0 aliphatic rings. The minimum absolute atomic E-state index is 0.274. The van der Waals surface area contributed by atoms with Crippen molar-refractivity contribution < 1.29 is 5.11 Å². The van der Waals surface area contributed by atoms with E-state index in [2.05, 4.69) is 24.4 Å². The first-order valence-corrected chi connectivity index (χ1v) is 5.75. The molecule has 0 saturated carbocycles. The molecule has 0 aromatic heterocycles. The van der Waals surface area contributed by atoms with Gasteiger partial charge >= 0.3 is 0 Å². The molecule has 1 aromatic rings. The van der Waals surface area contributed by atoms with Crippen LogP contribution in [0.3, 0.4) is 0 Å². The topological polar surface area (TPSA) is 32.3 Å². The summed E-state index contributed by atoms with van der Waals surface area (Å²) in [6, 6.07) is 10.1. The number of nitrogens with one attached hydrogen (secondary N) is 1. The second-order valence-electron chi connectivity index (χ2n) is 3.90.